The van der Waals surface area contributed by atoms with E-state index in [0.717, 1.165) is 6.42 Å². The minimum atomic E-state index is -1.42. The van der Waals surface area contributed by atoms with Crippen molar-refractivity contribution in [1.82, 2.24) is 0 Å². The van der Waals surface area contributed by atoms with E-state index in [9.17, 15) is 19.8 Å². The first-order valence-electron chi connectivity index (χ1n) is 10.2. The van der Waals surface area contributed by atoms with Crippen LogP contribution in [0.1, 0.15) is 41.0 Å². The molecule has 2 N–H and O–H groups in total. The molecular weight excluding hydrogens is 380 g/mol. The Morgan fingerprint density at radius 2 is 1.86 bits per heavy atom. The molecule has 3 fully saturated rings. The molecule has 0 unspecified atom stereocenters. The van der Waals surface area contributed by atoms with Gasteiger partial charge >= 0.3 is 11.9 Å². The molecule has 9 atom stereocenters. The zero-order valence-electron chi connectivity index (χ0n) is 17.5. The van der Waals surface area contributed by atoms with Crippen LogP contribution in [-0.2, 0) is 28.5 Å². The van der Waals surface area contributed by atoms with Gasteiger partial charge in [-0.15, -0.1) is 0 Å². The molecule has 4 rings (SSSR count). The SMILES string of the molecule is CC(=O)OC[C@H]1O[C@@H](O[C@@H]2[C@@H]3CC=C(C)[C@@]34[C@@H]2C4(C)C)[C@H](OC(C)=O)[C@@H](O)[C@@H]1O. The van der Waals surface area contributed by atoms with Crippen molar-refractivity contribution in [1.29, 1.82) is 0 Å². The fourth-order valence-electron chi connectivity index (χ4n) is 6.42. The third-order valence-corrected chi connectivity index (χ3v) is 7.58. The predicted molar refractivity (Wildman–Crippen MR) is 99.3 cm³/mol. The van der Waals surface area contributed by atoms with Crippen molar-refractivity contribution in [2.45, 2.75) is 77.8 Å². The van der Waals surface area contributed by atoms with Gasteiger partial charge in [-0.2, -0.15) is 0 Å². The summed E-state index contributed by atoms with van der Waals surface area (Å²) in [6.45, 7) is 8.90. The Morgan fingerprint density at radius 1 is 1.17 bits per heavy atom. The van der Waals surface area contributed by atoms with E-state index in [1.54, 1.807) is 0 Å². The minimum Gasteiger partial charge on any atom is -0.463 e. The Bertz CT molecular complexity index is 743. The summed E-state index contributed by atoms with van der Waals surface area (Å²) in [7, 11) is 0. The van der Waals surface area contributed by atoms with Crippen molar-refractivity contribution in [3.8, 4) is 0 Å². The molecule has 0 amide bonds. The Morgan fingerprint density at radius 3 is 2.48 bits per heavy atom. The summed E-state index contributed by atoms with van der Waals surface area (Å²) in [5, 5.41) is 20.9. The topological polar surface area (TPSA) is 112 Å². The molecule has 2 saturated carbocycles. The zero-order chi connectivity index (χ0) is 21.3. The first-order chi connectivity index (χ1) is 13.5. The second-order valence-corrected chi connectivity index (χ2v) is 9.30. The van der Waals surface area contributed by atoms with Gasteiger partial charge in [0.25, 0.3) is 0 Å². The Balaban J connectivity index is 1.52. The normalized spacial score (nSPS) is 46.7. The summed E-state index contributed by atoms with van der Waals surface area (Å²) in [4.78, 5) is 22.7. The maximum absolute atomic E-state index is 11.6. The standard InChI is InChI=1S/C21H30O8/c1-9-6-7-12-16(18-20(4,5)21(9,12)18)29-19-17(27-11(3)23)15(25)14(24)13(28-19)8-26-10(2)22/h6,12-19,24-25H,7-8H2,1-5H3/t12-,13+,14+,15-,16+,17+,18-,19-,21-/m0/s1. The fraction of sp³-hybridized carbons (Fsp3) is 0.810. The second-order valence-electron chi connectivity index (χ2n) is 9.30. The molecule has 3 aliphatic carbocycles. The molecule has 8 heteroatoms. The summed E-state index contributed by atoms with van der Waals surface area (Å²) in [5.41, 5.74) is 1.68. The molecule has 1 heterocycles. The molecule has 1 saturated heterocycles. The highest BCUT2D eigenvalue weighted by Crippen LogP contribution is 2.88. The molecule has 29 heavy (non-hydrogen) atoms. The van der Waals surface area contributed by atoms with E-state index in [1.807, 2.05) is 0 Å². The number of aliphatic hydroxyl groups excluding tert-OH is 2. The van der Waals surface area contributed by atoms with Gasteiger partial charge in [-0.1, -0.05) is 25.5 Å². The summed E-state index contributed by atoms with van der Waals surface area (Å²) in [6.07, 6.45) is -2.91. The van der Waals surface area contributed by atoms with E-state index in [0.29, 0.717) is 11.8 Å². The van der Waals surface area contributed by atoms with E-state index < -0.39 is 42.6 Å². The summed E-state index contributed by atoms with van der Waals surface area (Å²) in [5.74, 6) is -0.480. The molecule has 8 nitrogen and oxygen atoms in total. The largest absolute Gasteiger partial charge is 0.463 e. The number of carbonyl (C=O) groups excluding carboxylic acids is 2. The van der Waals surface area contributed by atoms with Crippen molar-refractivity contribution >= 4 is 11.9 Å². The maximum Gasteiger partial charge on any atom is 0.303 e. The van der Waals surface area contributed by atoms with Crippen LogP contribution in [0.5, 0.6) is 0 Å². The van der Waals surface area contributed by atoms with Crippen LogP contribution < -0.4 is 0 Å². The summed E-state index contributed by atoms with van der Waals surface area (Å²) >= 11 is 0. The molecule has 162 valence electrons. The third kappa shape index (κ3) is 2.80. The molecule has 0 aromatic carbocycles. The average molecular weight is 410 g/mol. The molecule has 1 aliphatic heterocycles. The van der Waals surface area contributed by atoms with Gasteiger partial charge < -0.3 is 29.2 Å². The number of esters is 2. The van der Waals surface area contributed by atoms with Gasteiger partial charge in [0, 0.05) is 25.2 Å². The number of aliphatic hydroxyl groups is 2. The maximum atomic E-state index is 11.6. The minimum absolute atomic E-state index is 0.0985. The molecule has 0 aromatic rings. The lowest BCUT2D eigenvalue weighted by Gasteiger charge is -2.47. The number of rotatable bonds is 5. The second kappa shape index (κ2) is 6.77. The van der Waals surface area contributed by atoms with Gasteiger partial charge in [0.2, 0.25) is 0 Å². The predicted octanol–water partition coefficient (Wildman–Crippen LogP) is 0.935. The van der Waals surface area contributed by atoms with Gasteiger partial charge in [-0.25, -0.2) is 0 Å². The lowest BCUT2D eigenvalue weighted by Crippen LogP contribution is -2.62. The highest BCUT2D eigenvalue weighted by atomic mass is 16.7. The van der Waals surface area contributed by atoms with E-state index >= 15 is 0 Å². The van der Waals surface area contributed by atoms with Crippen LogP contribution in [0.4, 0.5) is 0 Å². The van der Waals surface area contributed by atoms with Crippen molar-refractivity contribution in [3.05, 3.63) is 11.6 Å². The van der Waals surface area contributed by atoms with E-state index in [1.165, 1.54) is 19.4 Å². The molecule has 0 aromatic heterocycles. The smallest absolute Gasteiger partial charge is 0.303 e. The lowest BCUT2D eigenvalue weighted by molar-refractivity contribution is -0.326. The van der Waals surface area contributed by atoms with Gasteiger partial charge in [0.05, 0.1) is 6.10 Å². The van der Waals surface area contributed by atoms with Crippen molar-refractivity contribution in [3.63, 3.8) is 0 Å². The third-order valence-electron chi connectivity index (χ3n) is 7.58. The van der Waals surface area contributed by atoms with Crippen LogP contribution in [0.15, 0.2) is 11.6 Å². The lowest BCUT2D eigenvalue weighted by atomic mass is 9.69. The number of allylic oxidation sites excluding steroid dienone is 2. The molecule has 0 bridgehead atoms. The molecular formula is C21H30O8. The average Bonchev–Trinajstić information content (AvgIpc) is 2.89. The Kier molecular flexibility index (Phi) is 4.85. The van der Waals surface area contributed by atoms with Crippen LogP contribution in [0.2, 0.25) is 0 Å². The van der Waals surface area contributed by atoms with Gasteiger partial charge in [-0.3, -0.25) is 9.59 Å². The first kappa shape index (κ1) is 20.8. The van der Waals surface area contributed by atoms with Gasteiger partial charge in [0.15, 0.2) is 12.4 Å². The molecule has 1 spiro atoms. The number of ether oxygens (including phenoxy) is 4. The quantitative estimate of drug-likeness (QED) is 0.509. The van der Waals surface area contributed by atoms with Gasteiger partial charge in [0.1, 0.15) is 24.9 Å². The Labute approximate surface area is 170 Å². The Hall–Kier alpha value is -1.48. The highest BCUT2D eigenvalue weighted by Gasteiger charge is 2.87. The van der Waals surface area contributed by atoms with Crippen LogP contribution in [0.25, 0.3) is 0 Å². The summed E-state index contributed by atoms with van der Waals surface area (Å²) < 4.78 is 22.3. The van der Waals surface area contributed by atoms with E-state index in [4.69, 9.17) is 18.9 Å². The summed E-state index contributed by atoms with van der Waals surface area (Å²) in [6, 6.07) is 0. The monoisotopic (exact) mass is 410 g/mol. The molecule has 4 aliphatic rings. The number of hydrogen-bond donors (Lipinski definition) is 2. The van der Waals surface area contributed by atoms with Crippen LogP contribution in [0, 0.1) is 22.7 Å². The van der Waals surface area contributed by atoms with Crippen LogP contribution in [-0.4, -0.2) is 65.6 Å². The highest BCUT2D eigenvalue weighted by molar-refractivity contribution is 5.66. The fourth-order valence-corrected chi connectivity index (χ4v) is 6.42. The number of hydrogen-bond acceptors (Lipinski definition) is 8. The van der Waals surface area contributed by atoms with Gasteiger partial charge in [-0.05, 0) is 24.7 Å². The zero-order valence-corrected chi connectivity index (χ0v) is 17.5. The van der Waals surface area contributed by atoms with E-state index in [-0.39, 0.29) is 23.5 Å². The van der Waals surface area contributed by atoms with Crippen molar-refractivity contribution in [2.24, 2.45) is 22.7 Å². The van der Waals surface area contributed by atoms with Crippen molar-refractivity contribution in [2.75, 3.05) is 6.61 Å². The van der Waals surface area contributed by atoms with E-state index in [2.05, 4.69) is 26.8 Å². The van der Waals surface area contributed by atoms with Crippen LogP contribution in [0.3, 0.4) is 0 Å². The molecule has 0 radical (unpaired) electrons. The number of carbonyl (C=O) groups is 2. The van der Waals surface area contributed by atoms with Crippen LogP contribution >= 0.6 is 0 Å². The van der Waals surface area contributed by atoms with Crippen molar-refractivity contribution < 1.29 is 38.7 Å². The first-order valence-corrected chi connectivity index (χ1v) is 10.2.